The average molecular weight is 386 g/mol. The van der Waals surface area contributed by atoms with Gasteiger partial charge in [-0.05, 0) is 42.7 Å². The van der Waals surface area contributed by atoms with Crippen molar-refractivity contribution in [3.8, 4) is 0 Å². The minimum Gasteiger partial charge on any atom is -0.356 e. The molecule has 0 saturated carbocycles. The first kappa shape index (κ1) is 18.9. The molecule has 0 radical (unpaired) electrons. The van der Waals surface area contributed by atoms with Crippen LogP contribution in [0.4, 0.5) is 5.69 Å². The van der Waals surface area contributed by atoms with Gasteiger partial charge in [-0.2, -0.15) is 0 Å². The molecular weight excluding hydrogens is 366 g/mol. The Morgan fingerprint density at radius 2 is 1.81 bits per heavy atom. The van der Waals surface area contributed by atoms with Gasteiger partial charge in [0.15, 0.2) is 0 Å². The summed E-state index contributed by atoms with van der Waals surface area (Å²) in [4.78, 5) is 36.6. The minimum absolute atomic E-state index is 0.148. The molecule has 2 aromatic carbocycles. The summed E-state index contributed by atoms with van der Waals surface area (Å²) in [7, 11) is 0. The number of anilines is 1. The van der Waals surface area contributed by atoms with Crippen LogP contribution < -0.4 is 16.0 Å². The third-order valence-electron chi connectivity index (χ3n) is 4.36. The van der Waals surface area contributed by atoms with Crippen LogP contribution in [0.2, 0.25) is 5.02 Å². The fraction of sp³-hybridized carbons (Fsp3) is 0.250. The molecule has 0 bridgehead atoms. The summed E-state index contributed by atoms with van der Waals surface area (Å²) in [5.41, 5.74) is 1.98. The molecule has 0 unspecified atom stereocenters. The molecule has 3 N–H and O–H groups in total. The largest absolute Gasteiger partial charge is 0.356 e. The lowest BCUT2D eigenvalue weighted by molar-refractivity contribution is -0.121. The van der Waals surface area contributed by atoms with E-state index >= 15 is 0 Å². The normalized spacial score (nSPS) is 16.0. The summed E-state index contributed by atoms with van der Waals surface area (Å²) >= 11 is 5.84. The molecule has 1 atom stereocenters. The lowest BCUT2D eigenvalue weighted by Gasteiger charge is -2.14. The van der Waals surface area contributed by atoms with Gasteiger partial charge in [-0.1, -0.05) is 35.9 Å². The van der Waals surface area contributed by atoms with Crippen molar-refractivity contribution < 1.29 is 14.4 Å². The van der Waals surface area contributed by atoms with E-state index in [4.69, 9.17) is 11.6 Å². The number of amides is 3. The molecule has 0 fully saturated rings. The van der Waals surface area contributed by atoms with Crippen molar-refractivity contribution in [2.75, 3.05) is 11.9 Å². The second-order valence-electron chi connectivity index (χ2n) is 6.33. The molecule has 3 amide bonds. The van der Waals surface area contributed by atoms with Gasteiger partial charge in [0.1, 0.15) is 6.04 Å². The molecule has 0 spiro atoms. The number of nitrogens with one attached hydrogen (secondary N) is 3. The van der Waals surface area contributed by atoms with Crippen molar-refractivity contribution >= 4 is 35.0 Å². The van der Waals surface area contributed by atoms with Crippen LogP contribution in [0.1, 0.15) is 28.8 Å². The quantitative estimate of drug-likeness (QED) is 0.714. The SMILES string of the molecule is O=C(CC[C@H]1NC(=O)c2ccccc2NC1=O)NCCc1ccc(Cl)cc1. The molecule has 7 heteroatoms. The Morgan fingerprint density at radius 1 is 1.07 bits per heavy atom. The molecule has 3 rings (SSSR count). The molecular formula is C20H20ClN3O3. The van der Waals surface area contributed by atoms with Crippen LogP contribution in [0.15, 0.2) is 48.5 Å². The van der Waals surface area contributed by atoms with Crippen LogP contribution in [0.5, 0.6) is 0 Å². The number of benzene rings is 2. The number of hydrogen-bond donors (Lipinski definition) is 3. The van der Waals surface area contributed by atoms with E-state index in [1.165, 1.54) is 0 Å². The summed E-state index contributed by atoms with van der Waals surface area (Å²) in [5.74, 6) is -0.799. The number of hydrogen-bond acceptors (Lipinski definition) is 3. The summed E-state index contributed by atoms with van der Waals surface area (Å²) in [6, 6.07) is 13.5. The maximum absolute atomic E-state index is 12.3. The third-order valence-corrected chi connectivity index (χ3v) is 4.61. The molecule has 2 aromatic rings. The number of rotatable bonds is 6. The minimum atomic E-state index is -0.744. The van der Waals surface area contributed by atoms with Crippen LogP contribution in [-0.2, 0) is 16.0 Å². The van der Waals surface area contributed by atoms with E-state index in [1.807, 2.05) is 24.3 Å². The molecule has 140 valence electrons. The van der Waals surface area contributed by atoms with Crippen LogP contribution >= 0.6 is 11.6 Å². The van der Waals surface area contributed by atoms with Crippen molar-refractivity contribution in [2.45, 2.75) is 25.3 Å². The topological polar surface area (TPSA) is 87.3 Å². The predicted octanol–water partition coefficient (Wildman–Crippen LogP) is 2.53. The summed E-state index contributed by atoms with van der Waals surface area (Å²) in [6.45, 7) is 0.495. The Morgan fingerprint density at radius 3 is 2.59 bits per heavy atom. The molecule has 1 aliphatic rings. The molecule has 6 nitrogen and oxygen atoms in total. The molecule has 0 aliphatic carbocycles. The summed E-state index contributed by atoms with van der Waals surface area (Å²) in [6.07, 6.45) is 1.08. The zero-order valence-electron chi connectivity index (χ0n) is 14.6. The van der Waals surface area contributed by atoms with Crippen LogP contribution in [0.25, 0.3) is 0 Å². The predicted molar refractivity (Wildman–Crippen MR) is 104 cm³/mol. The molecule has 1 aliphatic heterocycles. The average Bonchev–Trinajstić information content (AvgIpc) is 2.78. The zero-order valence-corrected chi connectivity index (χ0v) is 15.4. The van der Waals surface area contributed by atoms with Gasteiger partial charge >= 0.3 is 0 Å². The Balaban J connectivity index is 1.46. The van der Waals surface area contributed by atoms with Gasteiger partial charge in [-0.25, -0.2) is 0 Å². The monoisotopic (exact) mass is 385 g/mol. The third kappa shape index (κ3) is 5.08. The Hall–Kier alpha value is -2.86. The van der Waals surface area contributed by atoms with E-state index in [1.54, 1.807) is 24.3 Å². The fourth-order valence-electron chi connectivity index (χ4n) is 2.88. The standard InChI is InChI=1S/C20H20ClN3O3/c21-14-7-5-13(6-8-14)11-12-22-18(25)10-9-17-20(27)23-16-4-2-1-3-15(16)19(26)24-17/h1-8,17H,9-12H2,(H,22,25)(H,23,27)(H,24,26)/t17-/m1/s1. The fourth-order valence-corrected chi connectivity index (χ4v) is 3.00. The van der Waals surface area contributed by atoms with Crippen molar-refractivity contribution in [3.63, 3.8) is 0 Å². The number of carbonyl (C=O) groups excluding carboxylic acids is 3. The first-order chi connectivity index (χ1) is 13.0. The first-order valence-corrected chi connectivity index (χ1v) is 9.12. The van der Waals surface area contributed by atoms with Crippen molar-refractivity contribution in [3.05, 3.63) is 64.7 Å². The Labute approximate surface area is 162 Å². The second kappa shape index (κ2) is 8.68. The van der Waals surface area contributed by atoms with E-state index in [0.717, 1.165) is 5.56 Å². The van der Waals surface area contributed by atoms with E-state index < -0.39 is 6.04 Å². The summed E-state index contributed by atoms with van der Waals surface area (Å²) in [5, 5.41) is 8.92. The molecule has 27 heavy (non-hydrogen) atoms. The van der Waals surface area contributed by atoms with Crippen LogP contribution in [0.3, 0.4) is 0 Å². The first-order valence-electron chi connectivity index (χ1n) is 8.75. The van der Waals surface area contributed by atoms with Crippen molar-refractivity contribution in [2.24, 2.45) is 0 Å². The van der Waals surface area contributed by atoms with E-state index in [2.05, 4.69) is 16.0 Å². The van der Waals surface area contributed by atoms with Gasteiger partial charge < -0.3 is 16.0 Å². The second-order valence-corrected chi connectivity index (χ2v) is 6.76. The van der Waals surface area contributed by atoms with Crippen LogP contribution in [0, 0.1) is 0 Å². The highest BCUT2D eigenvalue weighted by Crippen LogP contribution is 2.19. The Kier molecular flexibility index (Phi) is 6.08. The van der Waals surface area contributed by atoms with Gasteiger partial charge in [0.2, 0.25) is 11.8 Å². The lowest BCUT2D eigenvalue weighted by Crippen LogP contribution is -2.42. The highest BCUT2D eigenvalue weighted by molar-refractivity contribution is 6.30. The zero-order chi connectivity index (χ0) is 19.2. The lowest BCUT2D eigenvalue weighted by atomic mass is 10.1. The van der Waals surface area contributed by atoms with E-state index in [9.17, 15) is 14.4 Å². The van der Waals surface area contributed by atoms with Gasteiger partial charge in [0.05, 0.1) is 11.3 Å². The van der Waals surface area contributed by atoms with Crippen molar-refractivity contribution in [1.82, 2.24) is 10.6 Å². The molecule has 0 aromatic heterocycles. The number of carbonyl (C=O) groups is 3. The van der Waals surface area contributed by atoms with Crippen LogP contribution in [-0.4, -0.2) is 30.3 Å². The van der Waals surface area contributed by atoms with Gasteiger partial charge in [0, 0.05) is 18.0 Å². The number of halogens is 1. The van der Waals surface area contributed by atoms with E-state index in [-0.39, 0.29) is 30.6 Å². The smallest absolute Gasteiger partial charge is 0.254 e. The van der Waals surface area contributed by atoms with Gasteiger partial charge in [0.25, 0.3) is 5.91 Å². The molecule has 0 saturated heterocycles. The van der Waals surface area contributed by atoms with Crippen molar-refractivity contribution in [1.29, 1.82) is 0 Å². The highest BCUT2D eigenvalue weighted by Gasteiger charge is 2.27. The molecule has 1 heterocycles. The number of fused-ring (bicyclic) bond motifs is 1. The van der Waals surface area contributed by atoms with Gasteiger partial charge in [-0.15, -0.1) is 0 Å². The maximum Gasteiger partial charge on any atom is 0.254 e. The number of para-hydroxylation sites is 1. The van der Waals surface area contributed by atoms with Gasteiger partial charge in [-0.3, -0.25) is 14.4 Å². The summed E-state index contributed by atoms with van der Waals surface area (Å²) < 4.78 is 0. The van der Waals surface area contributed by atoms with E-state index in [0.29, 0.717) is 29.2 Å². The Bertz CT molecular complexity index is 852. The maximum atomic E-state index is 12.3. The highest BCUT2D eigenvalue weighted by atomic mass is 35.5.